The predicted molar refractivity (Wildman–Crippen MR) is 70.4 cm³/mol. The van der Waals surface area contributed by atoms with Crippen LogP contribution < -0.4 is 0 Å². The number of hydrogen-bond acceptors (Lipinski definition) is 2. The lowest BCUT2D eigenvalue weighted by Crippen LogP contribution is -2.34. The summed E-state index contributed by atoms with van der Waals surface area (Å²) in [6.45, 7) is 4.71. The molecule has 2 nitrogen and oxygen atoms in total. The predicted octanol–water partition coefficient (Wildman–Crippen LogP) is 3.78. The Kier molecular flexibility index (Phi) is 4.36. The first-order valence-electron chi connectivity index (χ1n) is 6.16. The maximum absolute atomic E-state index is 4.34. The van der Waals surface area contributed by atoms with Crippen molar-refractivity contribution in [2.24, 2.45) is 0 Å². The van der Waals surface area contributed by atoms with Crippen molar-refractivity contribution >= 4 is 15.9 Å². The largest absolute Gasteiger partial charge is 0.296 e. The van der Waals surface area contributed by atoms with Gasteiger partial charge in [0.25, 0.3) is 0 Å². The van der Waals surface area contributed by atoms with E-state index in [1.807, 2.05) is 12.3 Å². The number of nitrogens with zero attached hydrogens (tertiary/aromatic N) is 2. The molecule has 1 saturated heterocycles. The van der Waals surface area contributed by atoms with E-state index in [9.17, 15) is 0 Å². The lowest BCUT2D eigenvalue weighted by molar-refractivity contribution is 0.149. The third-order valence-corrected chi connectivity index (χ3v) is 3.73. The molecule has 16 heavy (non-hydrogen) atoms. The Morgan fingerprint density at radius 1 is 1.44 bits per heavy atom. The molecule has 3 heteroatoms. The summed E-state index contributed by atoms with van der Waals surface area (Å²) in [5, 5.41) is 0. The second-order valence-electron chi connectivity index (χ2n) is 4.46. The fraction of sp³-hybridized carbons (Fsp3) is 0.615. The first-order chi connectivity index (χ1) is 7.81. The summed E-state index contributed by atoms with van der Waals surface area (Å²) in [5.41, 5.74) is 1.37. The highest BCUT2D eigenvalue weighted by atomic mass is 79.9. The van der Waals surface area contributed by atoms with Crippen LogP contribution >= 0.6 is 15.9 Å². The van der Waals surface area contributed by atoms with Gasteiger partial charge in [-0.15, -0.1) is 0 Å². The summed E-state index contributed by atoms with van der Waals surface area (Å²) in [6.07, 6.45) is 7.23. The van der Waals surface area contributed by atoms with E-state index < -0.39 is 0 Å². The van der Waals surface area contributed by atoms with Gasteiger partial charge in [-0.2, -0.15) is 0 Å². The average molecular weight is 283 g/mol. The molecule has 1 atom stereocenters. The smallest absolute Gasteiger partial charge is 0.106 e. The fourth-order valence-electron chi connectivity index (χ4n) is 2.51. The van der Waals surface area contributed by atoms with Crippen molar-refractivity contribution in [2.45, 2.75) is 38.6 Å². The third kappa shape index (κ3) is 2.83. The van der Waals surface area contributed by atoms with Crippen LogP contribution in [0, 0.1) is 0 Å². The molecule has 0 amide bonds. The van der Waals surface area contributed by atoms with Crippen molar-refractivity contribution in [3.63, 3.8) is 0 Å². The molecule has 1 aliphatic rings. The third-order valence-electron chi connectivity index (χ3n) is 3.26. The molecule has 1 aromatic heterocycles. The van der Waals surface area contributed by atoms with Gasteiger partial charge in [0.2, 0.25) is 0 Å². The summed E-state index contributed by atoms with van der Waals surface area (Å²) in [4.78, 5) is 6.94. The molecular weight excluding hydrogens is 264 g/mol. The number of pyridine rings is 1. The Hall–Kier alpha value is -0.410. The van der Waals surface area contributed by atoms with E-state index in [1.54, 1.807) is 0 Å². The number of hydrogen-bond donors (Lipinski definition) is 0. The van der Waals surface area contributed by atoms with Crippen LogP contribution in [0.5, 0.6) is 0 Å². The zero-order valence-corrected chi connectivity index (χ0v) is 11.4. The number of likely N-dealkylation sites (tertiary alicyclic amines) is 1. The monoisotopic (exact) mass is 282 g/mol. The van der Waals surface area contributed by atoms with Gasteiger partial charge in [-0.05, 0) is 59.9 Å². The molecule has 0 aliphatic carbocycles. The van der Waals surface area contributed by atoms with Crippen molar-refractivity contribution in [1.82, 2.24) is 9.88 Å². The Morgan fingerprint density at radius 3 is 3.00 bits per heavy atom. The van der Waals surface area contributed by atoms with Gasteiger partial charge in [0, 0.05) is 12.2 Å². The van der Waals surface area contributed by atoms with E-state index in [4.69, 9.17) is 0 Å². The number of halogens is 1. The van der Waals surface area contributed by atoms with Crippen LogP contribution in [0.15, 0.2) is 22.9 Å². The van der Waals surface area contributed by atoms with Crippen molar-refractivity contribution in [1.29, 1.82) is 0 Å². The van der Waals surface area contributed by atoms with E-state index in [2.05, 4.69) is 38.8 Å². The van der Waals surface area contributed by atoms with Crippen LogP contribution in [0.2, 0.25) is 0 Å². The van der Waals surface area contributed by atoms with E-state index in [-0.39, 0.29) is 0 Å². The average Bonchev–Trinajstić information content (AvgIpc) is 2.32. The van der Waals surface area contributed by atoms with Gasteiger partial charge >= 0.3 is 0 Å². The molecule has 0 spiro atoms. The molecule has 1 aliphatic heterocycles. The maximum Gasteiger partial charge on any atom is 0.106 e. The van der Waals surface area contributed by atoms with Crippen LogP contribution in [0.1, 0.15) is 44.2 Å². The highest BCUT2D eigenvalue weighted by Gasteiger charge is 2.23. The Labute approximate surface area is 106 Å². The summed E-state index contributed by atoms with van der Waals surface area (Å²) >= 11 is 3.39. The number of rotatable bonds is 3. The van der Waals surface area contributed by atoms with E-state index in [0.29, 0.717) is 6.04 Å². The van der Waals surface area contributed by atoms with Gasteiger partial charge < -0.3 is 0 Å². The molecule has 0 bridgehead atoms. The molecule has 1 unspecified atom stereocenters. The highest BCUT2D eigenvalue weighted by molar-refractivity contribution is 9.10. The van der Waals surface area contributed by atoms with E-state index >= 15 is 0 Å². The normalized spacial score (nSPS) is 22.2. The topological polar surface area (TPSA) is 16.1 Å². The molecule has 88 valence electrons. The molecule has 0 N–H and O–H groups in total. The first-order valence-corrected chi connectivity index (χ1v) is 6.96. The Bertz CT molecular complexity index is 321. The van der Waals surface area contributed by atoms with Crippen molar-refractivity contribution in [3.8, 4) is 0 Å². The second kappa shape index (κ2) is 5.78. The summed E-state index contributed by atoms with van der Waals surface area (Å²) in [7, 11) is 0. The molecular formula is C13H19BrN2. The van der Waals surface area contributed by atoms with Gasteiger partial charge in [0.1, 0.15) is 4.60 Å². The zero-order chi connectivity index (χ0) is 11.4. The Balaban J connectivity index is 2.13. The van der Waals surface area contributed by atoms with Gasteiger partial charge in [0.05, 0.1) is 0 Å². The number of aromatic nitrogens is 1. The minimum absolute atomic E-state index is 0.592. The van der Waals surface area contributed by atoms with Crippen LogP contribution in [-0.2, 0) is 0 Å². The van der Waals surface area contributed by atoms with Gasteiger partial charge in [-0.3, -0.25) is 4.90 Å². The maximum atomic E-state index is 4.34. The summed E-state index contributed by atoms with van der Waals surface area (Å²) in [5.74, 6) is 0. The van der Waals surface area contributed by atoms with Gasteiger partial charge in [-0.25, -0.2) is 4.98 Å². The molecule has 2 rings (SSSR count). The minimum atomic E-state index is 0.592. The summed E-state index contributed by atoms with van der Waals surface area (Å²) in [6, 6.07) is 4.85. The number of piperidine rings is 1. The fourth-order valence-corrected chi connectivity index (χ4v) is 2.74. The molecule has 0 aromatic carbocycles. The van der Waals surface area contributed by atoms with Crippen LogP contribution in [-0.4, -0.2) is 23.0 Å². The molecule has 1 fully saturated rings. The van der Waals surface area contributed by atoms with Crippen LogP contribution in [0.25, 0.3) is 0 Å². The molecule has 0 saturated carbocycles. The van der Waals surface area contributed by atoms with Crippen molar-refractivity contribution < 1.29 is 0 Å². The first kappa shape index (κ1) is 12.1. The quantitative estimate of drug-likeness (QED) is 0.785. The molecule has 2 heterocycles. The minimum Gasteiger partial charge on any atom is -0.296 e. The van der Waals surface area contributed by atoms with Crippen molar-refractivity contribution in [2.75, 3.05) is 13.1 Å². The van der Waals surface area contributed by atoms with Gasteiger partial charge in [-0.1, -0.05) is 19.4 Å². The molecule has 0 radical (unpaired) electrons. The van der Waals surface area contributed by atoms with Gasteiger partial charge in [0.15, 0.2) is 0 Å². The van der Waals surface area contributed by atoms with E-state index in [0.717, 1.165) is 4.60 Å². The van der Waals surface area contributed by atoms with E-state index in [1.165, 1.54) is 44.3 Å². The lowest BCUT2D eigenvalue weighted by Gasteiger charge is -2.35. The zero-order valence-electron chi connectivity index (χ0n) is 9.82. The molecule has 1 aromatic rings. The van der Waals surface area contributed by atoms with Crippen LogP contribution in [0.3, 0.4) is 0 Å². The lowest BCUT2D eigenvalue weighted by atomic mass is 9.96. The standard InChI is InChI=1S/C13H19BrN2/c1-2-8-16-9-4-3-5-12(16)11-6-7-13(14)15-10-11/h6-7,10,12H,2-5,8-9H2,1H3. The van der Waals surface area contributed by atoms with Crippen molar-refractivity contribution in [3.05, 3.63) is 28.5 Å². The SMILES string of the molecule is CCCN1CCCCC1c1ccc(Br)nc1. The Morgan fingerprint density at radius 2 is 2.31 bits per heavy atom. The summed E-state index contributed by atoms with van der Waals surface area (Å²) < 4.78 is 0.925. The van der Waals surface area contributed by atoms with Crippen LogP contribution in [0.4, 0.5) is 0 Å². The second-order valence-corrected chi connectivity index (χ2v) is 5.27. The highest BCUT2D eigenvalue weighted by Crippen LogP contribution is 2.30.